The second-order valence-corrected chi connectivity index (χ2v) is 7.51. The van der Waals surface area contributed by atoms with Gasteiger partial charge in [0.15, 0.2) is 0 Å². The van der Waals surface area contributed by atoms with Crippen LogP contribution < -0.4 is 5.32 Å². The number of fused-ring (bicyclic) bond motifs is 1. The Bertz CT molecular complexity index is 845. The lowest BCUT2D eigenvalue weighted by atomic mass is 10.1. The summed E-state index contributed by atoms with van der Waals surface area (Å²) in [7, 11) is 0. The number of nitrogens with one attached hydrogen (secondary N) is 2. The van der Waals surface area contributed by atoms with Gasteiger partial charge >= 0.3 is 0 Å². The Morgan fingerprint density at radius 2 is 1.88 bits per heavy atom. The molecule has 0 bridgehead atoms. The Balaban J connectivity index is 1.40. The lowest BCUT2D eigenvalue weighted by Gasteiger charge is -2.34. The Morgan fingerprint density at radius 3 is 2.58 bits per heavy atom. The summed E-state index contributed by atoms with van der Waals surface area (Å²) in [5.41, 5.74) is 3.96. The maximum Gasteiger partial charge on any atom is 0.256 e. The third-order valence-corrected chi connectivity index (χ3v) is 5.54. The number of aryl methyl sites for hydroxylation is 2. The minimum Gasteiger partial charge on any atom is -0.358 e. The lowest BCUT2D eigenvalue weighted by Crippen LogP contribution is -2.51. The van der Waals surface area contributed by atoms with E-state index in [2.05, 4.69) is 28.2 Å². The van der Waals surface area contributed by atoms with Crippen molar-refractivity contribution >= 4 is 22.7 Å². The van der Waals surface area contributed by atoms with Gasteiger partial charge in [0.2, 0.25) is 5.91 Å². The van der Waals surface area contributed by atoms with Crippen molar-refractivity contribution < 1.29 is 9.59 Å². The van der Waals surface area contributed by atoms with Crippen molar-refractivity contribution in [3.05, 3.63) is 35.0 Å². The highest BCUT2D eigenvalue weighted by atomic mass is 16.2. The van der Waals surface area contributed by atoms with Crippen molar-refractivity contribution in [3.8, 4) is 0 Å². The average molecular weight is 354 g/mol. The second-order valence-electron chi connectivity index (χ2n) is 7.51. The van der Waals surface area contributed by atoms with E-state index in [0.717, 1.165) is 48.1 Å². The number of aromatic amines is 1. The Hall–Kier alpha value is -2.34. The molecular formula is C20H26N4O2. The van der Waals surface area contributed by atoms with Gasteiger partial charge in [0.05, 0.1) is 17.6 Å². The van der Waals surface area contributed by atoms with Crippen LogP contribution in [0.15, 0.2) is 18.2 Å². The van der Waals surface area contributed by atoms with Crippen LogP contribution in [0.25, 0.3) is 10.9 Å². The molecule has 0 atom stereocenters. The number of carbonyl (C=O) groups excluding carboxylic acids is 2. The van der Waals surface area contributed by atoms with Crippen LogP contribution in [0.3, 0.4) is 0 Å². The van der Waals surface area contributed by atoms with Crippen molar-refractivity contribution in [3.63, 3.8) is 0 Å². The SMILES string of the molecule is Cc1[nH]c2c(C(=O)N3CCN(CC(=O)NC4CC4)CC3)cccc2c1C. The van der Waals surface area contributed by atoms with E-state index in [-0.39, 0.29) is 11.8 Å². The highest BCUT2D eigenvalue weighted by Gasteiger charge is 2.27. The van der Waals surface area contributed by atoms with E-state index in [4.69, 9.17) is 0 Å². The van der Waals surface area contributed by atoms with Crippen molar-refractivity contribution in [2.45, 2.75) is 32.7 Å². The highest BCUT2D eigenvalue weighted by Crippen LogP contribution is 2.25. The summed E-state index contributed by atoms with van der Waals surface area (Å²) in [4.78, 5) is 32.4. The largest absolute Gasteiger partial charge is 0.358 e. The molecule has 1 aliphatic carbocycles. The smallest absolute Gasteiger partial charge is 0.256 e. The number of para-hydroxylation sites is 1. The Labute approximate surface area is 153 Å². The zero-order valence-corrected chi connectivity index (χ0v) is 15.5. The molecule has 0 spiro atoms. The van der Waals surface area contributed by atoms with Gasteiger partial charge in [-0.3, -0.25) is 14.5 Å². The molecular weight excluding hydrogens is 328 g/mol. The molecule has 6 nitrogen and oxygen atoms in total. The predicted molar refractivity (Wildman–Crippen MR) is 101 cm³/mol. The maximum atomic E-state index is 13.0. The summed E-state index contributed by atoms with van der Waals surface area (Å²) in [6.45, 7) is 7.34. The first-order valence-electron chi connectivity index (χ1n) is 9.42. The monoisotopic (exact) mass is 354 g/mol. The zero-order valence-electron chi connectivity index (χ0n) is 15.5. The number of piperazine rings is 1. The molecule has 2 amide bonds. The minimum atomic E-state index is 0.0685. The standard InChI is InChI=1S/C20H26N4O2/c1-13-14(2)21-19-16(13)4-3-5-17(19)20(26)24-10-8-23(9-11-24)12-18(25)22-15-6-7-15/h3-5,15,21H,6-12H2,1-2H3,(H,22,25). The molecule has 2 N–H and O–H groups in total. The second kappa shape index (κ2) is 6.76. The third-order valence-electron chi connectivity index (χ3n) is 5.54. The number of hydrogen-bond donors (Lipinski definition) is 2. The summed E-state index contributed by atoms with van der Waals surface area (Å²) >= 11 is 0. The number of benzene rings is 1. The Morgan fingerprint density at radius 1 is 1.15 bits per heavy atom. The van der Waals surface area contributed by atoms with E-state index in [0.29, 0.717) is 25.7 Å². The number of nitrogens with zero attached hydrogens (tertiary/aromatic N) is 2. The molecule has 4 rings (SSSR count). The topological polar surface area (TPSA) is 68.4 Å². The van der Waals surface area contributed by atoms with E-state index in [9.17, 15) is 9.59 Å². The summed E-state index contributed by atoms with van der Waals surface area (Å²) in [6, 6.07) is 6.31. The fourth-order valence-electron chi connectivity index (χ4n) is 3.64. The number of rotatable bonds is 4. The summed E-state index contributed by atoms with van der Waals surface area (Å²) in [6.07, 6.45) is 2.22. The highest BCUT2D eigenvalue weighted by molar-refractivity contribution is 6.06. The van der Waals surface area contributed by atoms with Crippen LogP contribution in [-0.2, 0) is 4.79 Å². The molecule has 2 fully saturated rings. The average Bonchev–Trinajstić information content (AvgIpc) is 3.39. The molecule has 1 aromatic carbocycles. The molecule has 26 heavy (non-hydrogen) atoms. The van der Waals surface area contributed by atoms with Gasteiger partial charge in [-0.1, -0.05) is 12.1 Å². The number of H-pyrrole nitrogens is 1. The lowest BCUT2D eigenvalue weighted by molar-refractivity contribution is -0.122. The van der Waals surface area contributed by atoms with Crippen molar-refractivity contribution in [2.24, 2.45) is 0 Å². The van der Waals surface area contributed by atoms with Gasteiger partial charge in [-0.2, -0.15) is 0 Å². The van der Waals surface area contributed by atoms with E-state index in [1.54, 1.807) is 0 Å². The van der Waals surface area contributed by atoms with Crippen LogP contribution in [0, 0.1) is 13.8 Å². The van der Waals surface area contributed by atoms with Gasteiger partial charge in [0, 0.05) is 43.3 Å². The molecule has 2 heterocycles. The molecule has 1 aliphatic heterocycles. The van der Waals surface area contributed by atoms with Crippen molar-refractivity contribution in [2.75, 3.05) is 32.7 Å². The van der Waals surface area contributed by atoms with E-state index < -0.39 is 0 Å². The van der Waals surface area contributed by atoms with Gasteiger partial charge in [0.25, 0.3) is 5.91 Å². The molecule has 0 unspecified atom stereocenters. The Kier molecular flexibility index (Phi) is 4.44. The fraction of sp³-hybridized carbons (Fsp3) is 0.500. The molecule has 138 valence electrons. The van der Waals surface area contributed by atoms with Gasteiger partial charge in [0.1, 0.15) is 0 Å². The van der Waals surface area contributed by atoms with Crippen LogP contribution in [-0.4, -0.2) is 65.4 Å². The summed E-state index contributed by atoms with van der Waals surface area (Å²) in [5, 5.41) is 4.14. The normalized spacial score (nSPS) is 18.3. The predicted octanol–water partition coefficient (Wildman–Crippen LogP) is 1.82. The molecule has 2 aliphatic rings. The van der Waals surface area contributed by atoms with Crippen molar-refractivity contribution in [1.29, 1.82) is 0 Å². The van der Waals surface area contributed by atoms with E-state index in [1.165, 1.54) is 5.56 Å². The van der Waals surface area contributed by atoms with Crippen LogP contribution in [0.4, 0.5) is 0 Å². The van der Waals surface area contributed by atoms with E-state index in [1.807, 2.05) is 24.0 Å². The van der Waals surface area contributed by atoms with E-state index >= 15 is 0 Å². The molecule has 2 aromatic rings. The number of aromatic nitrogens is 1. The van der Waals surface area contributed by atoms with Gasteiger partial charge in [-0.05, 0) is 38.3 Å². The molecule has 1 saturated heterocycles. The quantitative estimate of drug-likeness (QED) is 0.880. The van der Waals surface area contributed by atoms with Crippen LogP contribution in [0.5, 0.6) is 0 Å². The number of carbonyl (C=O) groups is 2. The fourth-order valence-corrected chi connectivity index (χ4v) is 3.64. The van der Waals surface area contributed by atoms with Crippen LogP contribution >= 0.6 is 0 Å². The summed E-state index contributed by atoms with van der Waals surface area (Å²) < 4.78 is 0. The first kappa shape index (κ1) is 17.1. The first-order valence-corrected chi connectivity index (χ1v) is 9.42. The number of amides is 2. The third kappa shape index (κ3) is 3.33. The van der Waals surface area contributed by atoms with Gasteiger partial charge in [-0.25, -0.2) is 0 Å². The van der Waals surface area contributed by atoms with Gasteiger partial charge in [-0.15, -0.1) is 0 Å². The molecule has 0 radical (unpaired) electrons. The van der Waals surface area contributed by atoms with Crippen LogP contribution in [0.2, 0.25) is 0 Å². The molecule has 6 heteroatoms. The molecule has 1 saturated carbocycles. The minimum absolute atomic E-state index is 0.0685. The van der Waals surface area contributed by atoms with Gasteiger partial charge < -0.3 is 15.2 Å². The summed E-state index contributed by atoms with van der Waals surface area (Å²) in [5.74, 6) is 0.174. The number of hydrogen-bond acceptors (Lipinski definition) is 3. The van der Waals surface area contributed by atoms with Crippen molar-refractivity contribution in [1.82, 2.24) is 20.1 Å². The zero-order chi connectivity index (χ0) is 18.3. The first-order chi connectivity index (χ1) is 12.5. The maximum absolute atomic E-state index is 13.0. The van der Waals surface area contributed by atoms with Crippen LogP contribution in [0.1, 0.15) is 34.5 Å². The molecule has 1 aromatic heterocycles.